The second-order valence-corrected chi connectivity index (χ2v) is 8.73. The molecular weight excluding hydrogens is 446 g/mol. The number of nitrogens with zero attached hydrogens (tertiary/aromatic N) is 1. The molecule has 35 heavy (non-hydrogen) atoms. The van der Waals surface area contributed by atoms with Gasteiger partial charge >= 0.3 is 5.97 Å². The number of carbonyl (C=O) groups excluding carboxylic acids is 3. The Balaban J connectivity index is 1.59. The van der Waals surface area contributed by atoms with Crippen molar-refractivity contribution in [1.29, 1.82) is 0 Å². The van der Waals surface area contributed by atoms with E-state index in [0.717, 1.165) is 18.4 Å². The van der Waals surface area contributed by atoms with Gasteiger partial charge in [0.2, 0.25) is 0 Å². The number of esters is 1. The summed E-state index contributed by atoms with van der Waals surface area (Å²) in [5.74, 6) is -0.470. The topological polar surface area (TPSA) is 104 Å². The predicted octanol–water partition coefficient (Wildman–Crippen LogP) is 6.04. The molecule has 2 aromatic rings. The molecule has 0 amide bonds. The fourth-order valence-corrected chi connectivity index (χ4v) is 4.31. The normalized spacial score (nSPS) is 14.8. The number of hydrogen-bond acceptors (Lipinski definition) is 6. The highest BCUT2D eigenvalue weighted by Crippen LogP contribution is 2.37. The Morgan fingerprint density at radius 1 is 0.857 bits per heavy atom. The minimum Gasteiger partial charge on any atom is -0.427 e. The van der Waals surface area contributed by atoms with Crippen LogP contribution in [0.3, 0.4) is 0 Å². The smallest absolute Gasteiger partial charge is 0.311 e. The van der Waals surface area contributed by atoms with Crippen LogP contribution in [0.1, 0.15) is 64.4 Å². The van der Waals surface area contributed by atoms with E-state index in [0.29, 0.717) is 35.1 Å². The van der Waals surface area contributed by atoms with E-state index >= 15 is 0 Å². The molecule has 0 saturated heterocycles. The average Bonchev–Trinajstić information content (AvgIpc) is 2.86. The molecule has 0 aromatic heterocycles. The maximum absolute atomic E-state index is 13.2. The second-order valence-electron chi connectivity index (χ2n) is 8.73. The van der Waals surface area contributed by atoms with Gasteiger partial charge in [-0.05, 0) is 51.3 Å². The number of ether oxygens (including phenoxy) is 1. The van der Waals surface area contributed by atoms with Crippen molar-refractivity contribution in [1.82, 2.24) is 0 Å². The van der Waals surface area contributed by atoms with Crippen LogP contribution in [-0.2, 0) is 14.4 Å². The van der Waals surface area contributed by atoms with E-state index in [9.17, 15) is 24.5 Å². The van der Waals surface area contributed by atoms with Crippen molar-refractivity contribution < 1.29 is 24.0 Å². The molecule has 0 spiro atoms. The molecule has 1 unspecified atom stereocenters. The first-order chi connectivity index (χ1) is 16.7. The number of allylic oxidation sites excluding steroid dienone is 4. The largest absolute Gasteiger partial charge is 0.427 e. The molecule has 2 aromatic carbocycles. The number of non-ortho nitro benzene ring substituents is 1. The van der Waals surface area contributed by atoms with Crippen molar-refractivity contribution >= 4 is 23.2 Å². The van der Waals surface area contributed by atoms with Gasteiger partial charge in [-0.25, -0.2) is 0 Å². The molecule has 0 radical (unpaired) electrons. The lowest BCUT2D eigenvalue weighted by molar-refractivity contribution is -0.384. The van der Waals surface area contributed by atoms with E-state index in [2.05, 4.69) is 0 Å². The number of nitro benzene ring substituents is 1. The van der Waals surface area contributed by atoms with E-state index in [-0.39, 0.29) is 35.3 Å². The zero-order valence-electron chi connectivity index (χ0n) is 20.2. The van der Waals surface area contributed by atoms with Gasteiger partial charge in [-0.2, -0.15) is 0 Å². The first-order valence-electron chi connectivity index (χ1n) is 11.7. The van der Waals surface area contributed by atoms with Crippen LogP contribution in [0.15, 0.2) is 76.9 Å². The van der Waals surface area contributed by atoms with E-state index in [1.54, 1.807) is 20.8 Å². The zero-order valence-corrected chi connectivity index (χ0v) is 20.2. The molecular formula is C28H29NO6. The van der Waals surface area contributed by atoms with Gasteiger partial charge in [0.1, 0.15) is 5.75 Å². The SMILES string of the molecule is CC1=C(C)C(=O)C(C(CCCCCC(=O)Oc2ccc([N+](=O)[O-])cc2)c2ccccc2)=C(C)C1=O. The predicted molar refractivity (Wildman–Crippen MR) is 132 cm³/mol. The number of hydrogen-bond donors (Lipinski definition) is 0. The third-order valence-electron chi connectivity index (χ3n) is 6.44. The lowest BCUT2D eigenvalue weighted by Gasteiger charge is -2.26. The Labute approximate surface area is 204 Å². The van der Waals surface area contributed by atoms with E-state index in [1.165, 1.54) is 24.3 Å². The Morgan fingerprint density at radius 3 is 2.11 bits per heavy atom. The quantitative estimate of drug-likeness (QED) is 0.104. The van der Waals surface area contributed by atoms with Gasteiger partial charge in [0.05, 0.1) is 4.92 Å². The maximum Gasteiger partial charge on any atom is 0.311 e. The molecule has 3 rings (SSSR count). The first-order valence-corrected chi connectivity index (χ1v) is 11.7. The van der Waals surface area contributed by atoms with E-state index in [1.807, 2.05) is 30.3 Å². The van der Waals surface area contributed by atoms with Crippen LogP contribution in [-0.4, -0.2) is 22.5 Å². The standard InChI is InChI=1S/C28H29NO6/c1-18-19(2)28(32)26(20(3)27(18)31)24(21-10-6-4-7-11-21)12-8-5-9-13-25(30)35-23-16-14-22(15-17-23)29(33)34/h4,6-7,10-11,14-17,24H,5,8-9,12-13H2,1-3H3. The van der Waals surface area contributed by atoms with Crippen molar-refractivity contribution in [2.24, 2.45) is 0 Å². The Hall–Kier alpha value is -3.87. The van der Waals surface area contributed by atoms with Gasteiger partial charge in [-0.1, -0.05) is 43.2 Å². The summed E-state index contributed by atoms with van der Waals surface area (Å²) in [6, 6.07) is 15.1. The number of unbranched alkanes of at least 4 members (excludes halogenated alkanes) is 2. The average molecular weight is 476 g/mol. The number of rotatable bonds is 10. The van der Waals surface area contributed by atoms with Crippen LogP contribution in [0.25, 0.3) is 0 Å². The summed E-state index contributed by atoms with van der Waals surface area (Å²) in [4.78, 5) is 48.2. The van der Waals surface area contributed by atoms with Crippen molar-refractivity contribution in [3.05, 3.63) is 92.6 Å². The number of Topliss-reactive ketones (excluding diaryl/α,β-unsaturated/α-hetero) is 2. The minimum absolute atomic E-state index is 0.0675. The Kier molecular flexibility index (Phi) is 8.47. The summed E-state index contributed by atoms with van der Waals surface area (Å²) in [5, 5.41) is 10.7. The Bertz CT molecular complexity index is 1190. The lowest BCUT2D eigenvalue weighted by atomic mass is 9.76. The summed E-state index contributed by atoms with van der Waals surface area (Å²) in [6.07, 6.45) is 3.02. The monoisotopic (exact) mass is 475 g/mol. The molecule has 0 saturated carbocycles. The molecule has 1 aliphatic carbocycles. The molecule has 0 heterocycles. The third kappa shape index (κ3) is 6.18. The van der Waals surface area contributed by atoms with Crippen molar-refractivity contribution in [2.75, 3.05) is 0 Å². The van der Waals surface area contributed by atoms with E-state index in [4.69, 9.17) is 4.74 Å². The molecule has 1 aliphatic rings. The van der Waals surface area contributed by atoms with E-state index < -0.39 is 10.9 Å². The summed E-state index contributed by atoms with van der Waals surface area (Å²) >= 11 is 0. The highest BCUT2D eigenvalue weighted by atomic mass is 16.6. The molecule has 0 aliphatic heterocycles. The maximum atomic E-state index is 13.2. The van der Waals surface area contributed by atoms with Gasteiger partial charge in [0, 0.05) is 46.8 Å². The van der Waals surface area contributed by atoms with Gasteiger partial charge < -0.3 is 4.74 Å². The van der Waals surface area contributed by atoms with Crippen LogP contribution in [0.4, 0.5) is 5.69 Å². The molecule has 182 valence electrons. The van der Waals surface area contributed by atoms with Gasteiger partial charge in [0.25, 0.3) is 5.69 Å². The van der Waals surface area contributed by atoms with Gasteiger partial charge in [-0.15, -0.1) is 0 Å². The zero-order chi connectivity index (χ0) is 25.5. The van der Waals surface area contributed by atoms with Crippen molar-refractivity contribution in [3.63, 3.8) is 0 Å². The molecule has 0 bridgehead atoms. The third-order valence-corrected chi connectivity index (χ3v) is 6.44. The van der Waals surface area contributed by atoms with Crippen LogP contribution in [0, 0.1) is 10.1 Å². The molecule has 1 atom stereocenters. The number of carbonyl (C=O) groups is 3. The number of ketones is 2. The fourth-order valence-electron chi connectivity index (χ4n) is 4.31. The highest BCUT2D eigenvalue weighted by molar-refractivity contribution is 6.25. The minimum atomic E-state index is -0.512. The fraction of sp³-hybridized carbons (Fsp3) is 0.321. The number of benzene rings is 2. The lowest BCUT2D eigenvalue weighted by Crippen LogP contribution is -2.24. The van der Waals surface area contributed by atoms with Crippen molar-refractivity contribution in [2.45, 2.75) is 58.8 Å². The summed E-state index contributed by atoms with van der Waals surface area (Å²) in [5.41, 5.74) is 3.02. The van der Waals surface area contributed by atoms with Crippen LogP contribution in [0.5, 0.6) is 5.75 Å². The first kappa shape index (κ1) is 25.7. The second kappa shape index (κ2) is 11.5. The highest BCUT2D eigenvalue weighted by Gasteiger charge is 2.33. The summed E-state index contributed by atoms with van der Waals surface area (Å²) in [7, 11) is 0. The molecule has 0 fully saturated rings. The Morgan fingerprint density at radius 2 is 1.49 bits per heavy atom. The molecule has 7 nitrogen and oxygen atoms in total. The molecule has 0 N–H and O–H groups in total. The summed E-state index contributed by atoms with van der Waals surface area (Å²) < 4.78 is 5.25. The number of nitro groups is 1. The van der Waals surface area contributed by atoms with Crippen molar-refractivity contribution in [3.8, 4) is 5.75 Å². The van der Waals surface area contributed by atoms with Crippen LogP contribution >= 0.6 is 0 Å². The van der Waals surface area contributed by atoms with Crippen LogP contribution < -0.4 is 4.74 Å². The van der Waals surface area contributed by atoms with Crippen LogP contribution in [0.2, 0.25) is 0 Å². The molecule has 7 heteroatoms. The van der Waals surface area contributed by atoms with Gasteiger partial charge in [0.15, 0.2) is 11.6 Å². The van der Waals surface area contributed by atoms with Gasteiger partial charge in [-0.3, -0.25) is 24.5 Å². The summed E-state index contributed by atoms with van der Waals surface area (Å²) in [6.45, 7) is 5.14.